The van der Waals surface area contributed by atoms with Gasteiger partial charge in [-0.3, -0.25) is 14.5 Å². The van der Waals surface area contributed by atoms with E-state index >= 15 is 0 Å². The first-order valence-electron chi connectivity index (χ1n) is 8.82. The van der Waals surface area contributed by atoms with Gasteiger partial charge in [0.25, 0.3) is 0 Å². The summed E-state index contributed by atoms with van der Waals surface area (Å²) < 4.78 is 11.1. The number of carbonyl (C=O) groups excluding carboxylic acids is 2. The van der Waals surface area contributed by atoms with Crippen LogP contribution in [0.25, 0.3) is 0 Å². The molecule has 2 N–H and O–H groups in total. The molecule has 0 spiro atoms. The Balaban J connectivity index is 1.84. The molecule has 1 atom stereocenters. The molecule has 7 heteroatoms. The van der Waals surface area contributed by atoms with E-state index in [4.69, 9.17) is 9.47 Å². The van der Waals surface area contributed by atoms with E-state index in [9.17, 15) is 9.59 Å². The molecule has 0 saturated carbocycles. The molecule has 2 rings (SSSR count). The number of benzene rings is 1. The number of amides is 2. The van der Waals surface area contributed by atoms with Gasteiger partial charge in [0, 0.05) is 5.54 Å². The van der Waals surface area contributed by atoms with Crippen molar-refractivity contribution in [3.63, 3.8) is 0 Å². The van der Waals surface area contributed by atoms with Crippen LogP contribution in [0.1, 0.15) is 39.3 Å². The molecule has 1 aromatic carbocycles. The third-order valence-corrected chi connectivity index (χ3v) is 3.79. The van der Waals surface area contributed by atoms with E-state index in [1.165, 1.54) is 0 Å². The molecule has 144 valence electrons. The van der Waals surface area contributed by atoms with Crippen LogP contribution in [0.15, 0.2) is 18.2 Å². The van der Waals surface area contributed by atoms with Gasteiger partial charge in [-0.1, -0.05) is 6.07 Å². The van der Waals surface area contributed by atoms with E-state index in [1.807, 2.05) is 45.9 Å². The maximum atomic E-state index is 12.3. The van der Waals surface area contributed by atoms with Crippen molar-refractivity contribution in [2.45, 2.75) is 39.3 Å². The largest absolute Gasteiger partial charge is 0.486 e. The van der Waals surface area contributed by atoms with Crippen LogP contribution >= 0.6 is 0 Å². The highest BCUT2D eigenvalue weighted by Crippen LogP contribution is 2.32. The van der Waals surface area contributed by atoms with E-state index in [0.717, 1.165) is 11.3 Å². The van der Waals surface area contributed by atoms with E-state index in [-0.39, 0.29) is 36.5 Å². The highest BCUT2D eigenvalue weighted by atomic mass is 16.6. The lowest BCUT2D eigenvalue weighted by Gasteiger charge is -2.24. The van der Waals surface area contributed by atoms with Gasteiger partial charge < -0.3 is 20.1 Å². The summed E-state index contributed by atoms with van der Waals surface area (Å²) >= 11 is 0. The molecule has 1 aromatic rings. The minimum Gasteiger partial charge on any atom is -0.486 e. The van der Waals surface area contributed by atoms with Gasteiger partial charge in [0.2, 0.25) is 11.8 Å². The maximum absolute atomic E-state index is 12.3. The molecular formula is C19H29N3O4. The number of nitrogens with zero attached hydrogens (tertiary/aromatic N) is 1. The van der Waals surface area contributed by atoms with Crippen molar-refractivity contribution >= 4 is 11.8 Å². The van der Waals surface area contributed by atoms with Gasteiger partial charge in [-0.25, -0.2) is 0 Å². The van der Waals surface area contributed by atoms with Crippen LogP contribution in [0, 0.1) is 0 Å². The highest BCUT2D eigenvalue weighted by Gasteiger charge is 2.18. The van der Waals surface area contributed by atoms with Crippen molar-refractivity contribution in [3.05, 3.63) is 23.8 Å². The molecule has 2 amide bonds. The zero-order valence-electron chi connectivity index (χ0n) is 16.2. The Bertz CT molecular complexity index is 655. The summed E-state index contributed by atoms with van der Waals surface area (Å²) in [6.07, 6.45) is 0. The van der Waals surface area contributed by atoms with Crippen LogP contribution in [0.2, 0.25) is 0 Å². The Morgan fingerprint density at radius 2 is 1.73 bits per heavy atom. The second-order valence-corrected chi connectivity index (χ2v) is 7.66. The third kappa shape index (κ3) is 6.22. The molecule has 0 bridgehead atoms. The summed E-state index contributed by atoms with van der Waals surface area (Å²) in [5.74, 6) is 1.18. The number of hydrogen-bond donors (Lipinski definition) is 2. The van der Waals surface area contributed by atoms with Gasteiger partial charge in [-0.2, -0.15) is 0 Å². The quantitative estimate of drug-likeness (QED) is 0.800. The summed E-state index contributed by atoms with van der Waals surface area (Å²) in [6, 6.07) is 5.49. The molecule has 1 aliphatic heterocycles. The maximum Gasteiger partial charge on any atom is 0.234 e. The topological polar surface area (TPSA) is 79.9 Å². The van der Waals surface area contributed by atoms with Crippen LogP contribution in [-0.2, 0) is 9.59 Å². The molecule has 7 nitrogen and oxygen atoms in total. The fourth-order valence-electron chi connectivity index (χ4n) is 2.70. The molecule has 26 heavy (non-hydrogen) atoms. The smallest absolute Gasteiger partial charge is 0.234 e. The summed E-state index contributed by atoms with van der Waals surface area (Å²) in [7, 11) is 1.75. The second kappa shape index (κ2) is 8.40. The Morgan fingerprint density at radius 3 is 2.38 bits per heavy atom. The summed E-state index contributed by atoms with van der Waals surface area (Å²) in [4.78, 5) is 25.9. The normalized spacial score (nSPS) is 14.7. The number of likely N-dealkylation sites (N-methyl/N-ethyl adjacent to an activating group) is 1. The van der Waals surface area contributed by atoms with Gasteiger partial charge in [-0.15, -0.1) is 0 Å². The van der Waals surface area contributed by atoms with Gasteiger partial charge in [0.15, 0.2) is 11.5 Å². The monoisotopic (exact) mass is 363 g/mol. The van der Waals surface area contributed by atoms with Crippen LogP contribution in [-0.4, -0.2) is 55.6 Å². The Hall–Kier alpha value is -2.28. The lowest BCUT2D eigenvalue weighted by molar-refractivity contribution is -0.125. The van der Waals surface area contributed by atoms with Crippen LogP contribution in [0.4, 0.5) is 0 Å². The predicted octanol–water partition coefficient (Wildman–Crippen LogP) is 1.48. The van der Waals surface area contributed by atoms with Crippen molar-refractivity contribution < 1.29 is 19.1 Å². The molecule has 0 unspecified atom stereocenters. The number of nitrogens with one attached hydrogen (secondary N) is 2. The summed E-state index contributed by atoms with van der Waals surface area (Å²) in [5.41, 5.74) is 0.656. The van der Waals surface area contributed by atoms with Crippen LogP contribution < -0.4 is 20.1 Å². The lowest BCUT2D eigenvalue weighted by Crippen LogP contribution is -2.47. The zero-order valence-corrected chi connectivity index (χ0v) is 16.2. The Morgan fingerprint density at radius 1 is 1.12 bits per heavy atom. The molecule has 0 aromatic heterocycles. The Labute approximate surface area is 155 Å². The van der Waals surface area contributed by atoms with Crippen molar-refractivity contribution in [2.24, 2.45) is 0 Å². The standard InChI is InChI=1S/C19H29N3O4/c1-13(14-6-7-15-16(10-14)26-9-8-25-15)20-17(23)11-22(5)12-18(24)21-19(2,3)4/h6-7,10,13H,8-9,11-12H2,1-5H3,(H,20,23)(H,21,24)/t13-/m1/s1. The molecule has 0 aliphatic carbocycles. The summed E-state index contributed by atoms with van der Waals surface area (Å²) in [6.45, 7) is 9.07. The fraction of sp³-hybridized carbons (Fsp3) is 0.579. The summed E-state index contributed by atoms with van der Waals surface area (Å²) in [5, 5.41) is 5.83. The molecule has 1 aliphatic rings. The molecule has 0 fully saturated rings. The highest BCUT2D eigenvalue weighted by molar-refractivity contribution is 5.81. The Kier molecular flexibility index (Phi) is 6.47. The van der Waals surface area contributed by atoms with Gasteiger partial charge in [-0.05, 0) is 52.4 Å². The first kappa shape index (κ1) is 20.0. The van der Waals surface area contributed by atoms with Crippen molar-refractivity contribution in [2.75, 3.05) is 33.4 Å². The number of ether oxygens (including phenoxy) is 2. The van der Waals surface area contributed by atoms with Gasteiger partial charge in [0.05, 0.1) is 19.1 Å². The first-order chi connectivity index (χ1) is 12.1. The molecule has 1 heterocycles. The average molecular weight is 363 g/mol. The number of carbonyl (C=O) groups is 2. The molecule has 0 radical (unpaired) electrons. The zero-order chi connectivity index (χ0) is 19.3. The second-order valence-electron chi connectivity index (χ2n) is 7.66. The lowest BCUT2D eigenvalue weighted by atomic mass is 10.1. The van der Waals surface area contributed by atoms with Crippen molar-refractivity contribution in [1.29, 1.82) is 0 Å². The molecule has 0 saturated heterocycles. The SMILES string of the molecule is C[C@@H](NC(=O)CN(C)CC(=O)NC(C)(C)C)c1ccc2c(c1)OCCO2. The average Bonchev–Trinajstić information content (AvgIpc) is 2.51. The van der Waals surface area contributed by atoms with Gasteiger partial charge in [0.1, 0.15) is 13.2 Å². The first-order valence-corrected chi connectivity index (χ1v) is 8.82. The van der Waals surface area contributed by atoms with E-state index in [1.54, 1.807) is 11.9 Å². The number of fused-ring (bicyclic) bond motifs is 1. The van der Waals surface area contributed by atoms with Crippen molar-refractivity contribution in [3.8, 4) is 11.5 Å². The predicted molar refractivity (Wildman–Crippen MR) is 99.4 cm³/mol. The minimum atomic E-state index is -0.285. The van der Waals surface area contributed by atoms with E-state index < -0.39 is 0 Å². The molecular weight excluding hydrogens is 334 g/mol. The fourth-order valence-corrected chi connectivity index (χ4v) is 2.70. The van der Waals surface area contributed by atoms with E-state index in [0.29, 0.717) is 19.0 Å². The van der Waals surface area contributed by atoms with Gasteiger partial charge >= 0.3 is 0 Å². The number of rotatable bonds is 6. The van der Waals surface area contributed by atoms with Crippen LogP contribution in [0.3, 0.4) is 0 Å². The third-order valence-electron chi connectivity index (χ3n) is 3.79. The minimum absolute atomic E-state index is 0.104. The van der Waals surface area contributed by atoms with Crippen molar-refractivity contribution in [1.82, 2.24) is 15.5 Å². The van der Waals surface area contributed by atoms with Crippen LogP contribution in [0.5, 0.6) is 11.5 Å². The van der Waals surface area contributed by atoms with E-state index in [2.05, 4.69) is 10.6 Å². The number of hydrogen-bond acceptors (Lipinski definition) is 5.